The summed E-state index contributed by atoms with van der Waals surface area (Å²) in [6.07, 6.45) is 1.60. The van der Waals surface area contributed by atoms with Crippen LogP contribution in [0.4, 0.5) is 10.1 Å². The fourth-order valence-corrected chi connectivity index (χ4v) is 3.17. The molecule has 6 nitrogen and oxygen atoms in total. The molecule has 1 aliphatic rings. The lowest BCUT2D eigenvalue weighted by atomic mass is 10.0. The Morgan fingerprint density at radius 3 is 2.64 bits per heavy atom. The van der Waals surface area contributed by atoms with Gasteiger partial charge in [0.25, 0.3) is 5.91 Å². The first kappa shape index (κ1) is 16.9. The Kier molecular flexibility index (Phi) is 4.65. The SMILES string of the molecule is COc1ccc(C(=O)N2CCC[C@@H]2c2ccc(F)cc2)cc1[N+](=O)[O-]. The van der Waals surface area contributed by atoms with E-state index >= 15 is 0 Å². The number of benzene rings is 2. The monoisotopic (exact) mass is 344 g/mol. The quantitative estimate of drug-likeness (QED) is 0.626. The summed E-state index contributed by atoms with van der Waals surface area (Å²) in [6.45, 7) is 0.556. The van der Waals surface area contributed by atoms with Crippen molar-refractivity contribution in [2.24, 2.45) is 0 Å². The molecule has 0 bridgehead atoms. The van der Waals surface area contributed by atoms with Crippen molar-refractivity contribution < 1.29 is 18.8 Å². The van der Waals surface area contributed by atoms with Crippen LogP contribution in [0.1, 0.15) is 34.8 Å². The van der Waals surface area contributed by atoms with E-state index in [1.807, 2.05) is 0 Å². The average Bonchev–Trinajstić information content (AvgIpc) is 3.10. The van der Waals surface area contributed by atoms with Crippen LogP contribution in [0.3, 0.4) is 0 Å². The molecule has 25 heavy (non-hydrogen) atoms. The second-order valence-electron chi connectivity index (χ2n) is 5.85. The van der Waals surface area contributed by atoms with Crippen LogP contribution in [0, 0.1) is 15.9 Å². The van der Waals surface area contributed by atoms with Crippen LogP contribution < -0.4 is 4.74 Å². The predicted octanol–water partition coefficient (Wildman–Crippen LogP) is 3.72. The Hall–Kier alpha value is -2.96. The van der Waals surface area contributed by atoms with Gasteiger partial charge in [0.05, 0.1) is 18.1 Å². The predicted molar refractivity (Wildman–Crippen MR) is 89.1 cm³/mol. The molecule has 0 unspecified atom stereocenters. The van der Waals surface area contributed by atoms with Crippen LogP contribution >= 0.6 is 0 Å². The van der Waals surface area contributed by atoms with Crippen molar-refractivity contribution in [3.05, 3.63) is 69.5 Å². The molecule has 1 amide bonds. The molecule has 2 aromatic carbocycles. The van der Waals surface area contributed by atoms with Gasteiger partial charge in [-0.1, -0.05) is 12.1 Å². The molecule has 1 heterocycles. The number of nitro groups is 1. The number of amides is 1. The van der Waals surface area contributed by atoms with Crippen molar-refractivity contribution in [1.82, 2.24) is 4.90 Å². The van der Waals surface area contributed by atoms with Crippen molar-refractivity contribution in [3.8, 4) is 5.75 Å². The van der Waals surface area contributed by atoms with E-state index in [2.05, 4.69) is 0 Å². The van der Waals surface area contributed by atoms with Crippen LogP contribution in [0.2, 0.25) is 0 Å². The minimum absolute atomic E-state index is 0.109. The zero-order valence-electron chi connectivity index (χ0n) is 13.6. The third kappa shape index (κ3) is 3.31. The topological polar surface area (TPSA) is 72.7 Å². The lowest BCUT2D eigenvalue weighted by Gasteiger charge is -2.25. The number of hydrogen-bond acceptors (Lipinski definition) is 4. The number of nitro benzene ring substituents is 1. The summed E-state index contributed by atoms with van der Waals surface area (Å²) >= 11 is 0. The summed E-state index contributed by atoms with van der Waals surface area (Å²) in [5.41, 5.74) is 0.850. The van der Waals surface area contributed by atoms with Crippen LogP contribution in [0.15, 0.2) is 42.5 Å². The number of likely N-dealkylation sites (tertiary alicyclic amines) is 1. The van der Waals surface area contributed by atoms with Crippen molar-refractivity contribution in [2.75, 3.05) is 13.7 Å². The maximum atomic E-state index is 13.1. The molecule has 1 saturated heterocycles. The van der Waals surface area contributed by atoms with Gasteiger partial charge >= 0.3 is 5.69 Å². The lowest BCUT2D eigenvalue weighted by molar-refractivity contribution is -0.385. The summed E-state index contributed by atoms with van der Waals surface area (Å²) < 4.78 is 18.1. The second kappa shape index (κ2) is 6.88. The number of hydrogen-bond donors (Lipinski definition) is 0. The molecule has 7 heteroatoms. The third-order valence-corrected chi connectivity index (χ3v) is 4.39. The standard InChI is InChI=1S/C18H17FN2O4/c1-25-17-9-6-13(11-16(17)21(23)24)18(22)20-10-2-3-15(20)12-4-7-14(19)8-5-12/h4-9,11,15H,2-3,10H2,1H3/t15-/m1/s1. The Morgan fingerprint density at radius 1 is 1.28 bits per heavy atom. The highest BCUT2D eigenvalue weighted by Crippen LogP contribution is 2.34. The number of carbonyl (C=O) groups is 1. The van der Waals surface area contributed by atoms with Gasteiger partial charge in [0.15, 0.2) is 5.75 Å². The number of methoxy groups -OCH3 is 1. The van der Waals surface area contributed by atoms with Crippen molar-refractivity contribution in [2.45, 2.75) is 18.9 Å². The molecule has 1 atom stereocenters. The maximum absolute atomic E-state index is 13.1. The van der Waals surface area contributed by atoms with Crippen LogP contribution in [0.5, 0.6) is 5.75 Å². The van der Waals surface area contributed by atoms with Gasteiger partial charge in [-0.05, 0) is 42.7 Å². The molecule has 0 aliphatic carbocycles. The molecular formula is C18H17FN2O4. The number of carbonyl (C=O) groups excluding carboxylic acids is 1. The van der Waals surface area contributed by atoms with E-state index in [0.717, 1.165) is 18.4 Å². The Labute approximate surface area is 144 Å². The minimum Gasteiger partial charge on any atom is -0.490 e. The van der Waals surface area contributed by atoms with Gasteiger partial charge in [-0.15, -0.1) is 0 Å². The molecule has 0 radical (unpaired) electrons. The molecule has 2 aromatic rings. The third-order valence-electron chi connectivity index (χ3n) is 4.39. The van der Waals surface area contributed by atoms with E-state index in [0.29, 0.717) is 6.54 Å². The number of halogens is 1. The summed E-state index contributed by atoms with van der Waals surface area (Å²) in [4.78, 5) is 25.1. The van der Waals surface area contributed by atoms with Gasteiger partial charge in [0.1, 0.15) is 5.82 Å². The van der Waals surface area contributed by atoms with Gasteiger partial charge < -0.3 is 9.64 Å². The average molecular weight is 344 g/mol. The summed E-state index contributed by atoms with van der Waals surface area (Å²) in [5, 5.41) is 11.2. The highest BCUT2D eigenvalue weighted by Gasteiger charge is 2.31. The Balaban J connectivity index is 1.90. The maximum Gasteiger partial charge on any atom is 0.311 e. The molecule has 0 saturated carbocycles. The molecule has 0 spiro atoms. The number of rotatable bonds is 4. The number of nitrogens with zero attached hydrogens (tertiary/aromatic N) is 2. The van der Waals surface area contributed by atoms with Crippen LogP contribution in [0.25, 0.3) is 0 Å². The van der Waals surface area contributed by atoms with Crippen LogP contribution in [-0.4, -0.2) is 29.4 Å². The van der Waals surface area contributed by atoms with E-state index < -0.39 is 4.92 Å². The fraction of sp³-hybridized carbons (Fsp3) is 0.278. The Morgan fingerprint density at radius 2 is 2.00 bits per heavy atom. The first-order valence-electron chi connectivity index (χ1n) is 7.90. The molecule has 130 valence electrons. The minimum atomic E-state index is -0.572. The van der Waals surface area contributed by atoms with E-state index in [9.17, 15) is 19.3 Å². The smallest absolute Gasteiger partial charge is 0.311 e. The zero-order chi connectivity index (χ0) is 18.0. The van der Waals surface area contributed by atoms with Gasteiger partial charge in [-0.3, -0.25) is 14.9 Å². The summed E-state index contributed by atoms with van der Waals surface area (Å²) in [7, 11) is 1.34. The summed E-state index contributed by atoms with van der Waals surface area (Å²) in [6, 6.07) is 10.1. The summed E-state index contributed by atoms with van der Waals surface area (Å²) in [5.74, 6) is -0.499. The molecule has 1 fully saturated rings. The second-order valence-corrected chi connectivity index (χ2v) is 5.85. The van der Waals surface area contributed by atoms with Gasteiger partial charge in [0, 0.05) is 18.2 Å². The fourth-order valence-electron chi connectivity index (χ4n) is 3.17. The molecular weight excluding hydrogens is 327 g/mol. The van der Waals surface area contributed by atoms with Crippen molar-refractivity contribution in [3.63, 3.8) is 0 Å². The first-order chi connectivity index (χ1) is 12.0. The van der Waals surface area contributed by atoms with Crippen molar-refractivity contribution >= 4 is 11.6 Å². The van der Waals surface area contributed by atoms with Gasteiger partial charge in [-0.2, -0.15) is 0 Å². The molecule has 1 aliphatic heterocycles. The van der Waals surface area contributed by atoms with Gasteiger partial charge in [-0.25, -0.2) is 4.39 Å². The zero-order valence-corrected chi connectivity index (χ0v) is 13.6. The number of ether oxygens (including phenoxy) is 1. The van der Waals surface area contributed by atoms with E-state index in [4.69, 9.17) is 4.74 Å². The van der Waals surface area contributed by atoms with Crippen LogP contribution in [-0.2, 0) is 0 Å². The van der Waals surface area contributed by atoms with Gasteiger partial charge in [0.2, 0.25) is 0 Å². The molecule has 3 rings (SSSR count). The highest BCUT2D eigenvalue weighted by atomic mass is 19.1. The Bertz CT molecular complexity index is 807. The molecule has 0 N–H and O–H groups in total. The highest BCUT2D eigenvalue weighted by molar-refractivity contribution is 5.95. The molecule has 0 aromatic heterocycles. The van der Waals surface area contributed by atoms with E-state index in [-0.39, 0.29) is 34.8 Å². The normalized spacial score (nSPS) is 16.7. The van der Waals surface area contributed by atoms with E-state index in [1.54, 1.807) is 17.0 Å². The van der Waals surface area contributed by atoms with Crippen molar-refractivity contribution in [1.29, 1.82) is 0 Å². The lowest BCUT2D eigenvalue weighted by Crippen LogP contribution is -2.30. The largest absolute Gasteiger partial charge is 0.490 e. The first-order valence-corrected chi connectivity index (χ1v) is 7.90. The van der Waals surface area contributed by atoms with E-state index in [1.165, 1.54) is 37.4 Å².